The van der Waals surface area contributed by atoms with Crippen LogP contribution < -0.4 is 5.73 Å². The van der Waals surface area contributed by atoms with Crippen LogP contribution in [0, 0.1) is 11.7 Å². The van der Waals surface area contributed by atoms with Gasteiger partial charge in [-0.2, -0.15) is 0 Å². The van der Waals surface area contributed by atoms with Gasteiger partial charge in [-0.1, -0.05) is 18.2 Å². The summed E-state index contributed by atoms with van der Waals surface area (Å²) in [5, 5.41) is 0. The lowest BCUT2D eigenvalue weighted by Crippen LogP contribution is -2.50. The molecule has 0 saturated carbocycles. The minimum atomic E-state index is -1.35. The summed E-state index contributed by atoms with van der Waals surface area (Å²) in [6, 6.07) is 5.92. The van der Waals surface area contributed by atoms with E-state index in [1.54, 1.807) is 12.1 Å². The molecule has 1 aromatic carbocycles. The largest absolute Gasteiger partial charge is 0.459 e. The zero-order valence-electron chi connectivity index (χ0n) is 10.2. The van der Waals surface area contributed by atoms with Gasteiger partial charge in [0.25, 0.3) is 6.02 Å². The number of halogens is 2. The molecule has 0 aromatic heterocycles. The molecule has 0 aliphatic carbocycles. The lowest BCUT2D eigenvalue weighted by Gasteiger charge is -2.39. The van der Waals surface area contributed by atoms with Gasteiger partial charge >= 0.3 is 0 Å². The molecule has 102 valence electrons. The van der Waals surface area contributed by atoms with E-state index in [0.717, 1.165) is 0 Å². The average Bonchev–Trinajstić information content (AvgIpc) is 2.86. The highest BCUT2D eigenvalue weighted by Gasteiger charge is 2.53. The molecule has 19 heavy (non-hydrogen) atoms. The summed E-state index contributed by atoms with van der Waals surface area (Å²) in [4.78, 5) is 4.08. The van der Waals surface area contributed by atoms with Crippen molar-refractivity contribution in [1.29, 1.82) is 0 Å². The van der Waals surface area contributed by atoms with E-state index in [-0.39, 0.29) is 30.2 Å². The van der Waals surface area contributed by atoms with Crippen molar-refractivity contribution in [3.05, 3.63) is 35.6 Å². The van der Waals surface area contributed by atoms with Crippen LogP contribution in [0.1, 0.15) is 5.56 Å². The predicted molar refractivity (Wildman–Crippen MR) is 64.9 cm³/mol. The van der Waals surface area contributed by atoms with Gasteiger partial charge in [0.1, 0.15) is 24.1 Å². The number of alkyl halides is 1. The molecule has 2 aliphatic rings. The lowest BCUT2D eigenvalue weighted by atomic mass is 9.77. The van der Waals surface area contributed by atoms with Gasteiger partial charge in [-0.25, -0.2) is 13.8 Å². The molecule has 0 bridgehead atoms. The molecule has 2 N–H and O–H groups in total. The Morgan fingerprint density at radius 1 is 1.37 bits per heavy atom. The maximum Gasteiger partial charge on any atom is 0.283 e. The van der Waals surface area contributed by atoms with E-state index in [1.165, 1.54) is 12.1 Å². The average molecular weight is 268 g/mol. The van der Waals surface area contributed by atoms with Crippen LogP contribution in [0.5, 0.6) is 0 Å². The summed E-state index contributed by atoms with van der Waals surface area (Å²) in [5.74, 6) is -0.869. The van der Waals surface area contributed by atoms with Gasteiger partial charge in [0, 0.05) is 5.56 Å². The molecule has 1 saturated heterocycles. The first kappa shape index (κ1) is 12.3. The van der Waals surface area contributed by atoms with Gasteiger partial charge in [-0.3, -0.25) is 0 Å². The second kappa shape index (κ2) is 4.45. The molecule has 0 unspecified atom stereocenters. The van der Waals surface area contributed by atoms with Crippen molar-refractivity contribution in [1.82, 2.24) is 0 Å². The van der Waals surface area contributed by atoms with Crippen LogP contribution in [0.2, 0.25) is 0 Å². The highest BCUT2D eigenvalue weighted by molar-refractivity contribution is 5.73. The zero-order valence-corrected chi connectivity index (χ0v) is 10.2. The molecule has 3 atom stereocenters. The maximum absolute atomic E-state index is 14.0. The summed E-state index contributed by atoms with van der Waals surface area (Å²) < 4.78 is 38.5. The van der Waals surface area contributed by atoms with Crippen molar-refractivity contribution in [2.45, 2.75) is 11.6 Å². The highest BCUT2D eigenvalue weighted by atomic mass is 19.1. The fourth-order valence-electron chi connectivity index (χ4n) is 2.83. The normalized spacial score (nSPS) is 33.5. The van der Waals surface area contributed by atoms with Gasteiger partial charge in [0.05, 0.1) is 19.1 Å². The second-order valence-electron chi connectivity index (χ2n) is 4.79. The zero-order chi connectivity index (χ0) is 13.5. The Bertz CT molecular complexity index is 523. The molecule has 1 aromatic rings. The van der Waals surface area contributed by atoms with E-state index < -0.39 is 18.0 Å². The minimum Gasteiger partial charge on any atom is -0.459 e. The highest BCUT2D eigenvalue weighted by Crippen LogP contribution is 2.43. The number of ether oxygens (including phenoxy) is 2. The van der Waals surface area contributed by atoms with E-state index in [4.69, 9.17) is 15.2 Å². The lowest BCUT2D eigenvalue weighted by molar-refractivity contribution is 0.0614. The minimum absolute atomic E-state index is 0.118. The number of aliphatic imine (C=N–C) groups is 1. The number of rotatable bonds is 2. The first-order valence-corrected chi connectivity index (χ1v) is 6.08. The Kier molecular flexibility index (Phi) is 2.89. The molecular weight excluding hydrogens is 254 g/mol. The summed E-state index contributed by atoms with van der Waals surface area (Å²) in [7, 11) is 0. The van der Waals surface area contributed by atoms with Crippen LogP contribution in [-0.2, 0) is 15.0 Å². The van der Waals surface area contributed by atoms with Gasteiger partial charge < -0.3 is 15.2 Å². The Hall–Kier alpha value is -1.69. The van der Waals surface area contributed by atoms with Crippen molar-refractivity contribution in [3.8, 4) is 0 Å². The van der Waals surface area contributed by atoms with E-state index in [1.807, 2.05) is 0 Å². The third-order valence-corrected chi connectivity index (χ3v) is 3.77. The quantitative estimate of drug-likeness (QED) is 0.881. The monoisotopic (exact) mass is 268 g/mol. The van der Waals surface area contributed by atoms with Crippen LogP contribution in [0.4, 0.5) is 8.78 Å². The third-order valence-electron chi connectivity index (χ3n) is 3.77. The SMILES string of the molecule is NC1=N[C@](CF)(c2ccccc2F)[C@H]2COC[C@H]2O1. The molecule has 0 amide bonds. The number of fused-ring (bicyclic) bond motifs is 1. The molecule has 4 nitrogen and oxygen atoms in total. The van der Waals surface area contributed by atoms with Crippen LogP contribution >= 0.6 is 0 Å². The molecule has 0 radical (unpaired) electrons. The molecule has 2 aliphatic heterocycles. The topological polar surface area (TPSA) is 56.8 Å². The van der Waals surface area contributed by atoms with Gasteiger partial charge in [-0.15, -0.1) is 0 Å². The van der Waals surface area contributed by atoms with Gasteiger partial charge in [-0.05, 0) is 6.07 Å². The van der Waals surface area contributed by atoms with Crippen molar-refractivity contribution in [3.63, 3.8) is 0 Å². The maximum atomic E-state index is 14.0. The van der Waals surface area contributed by atoms with E-state index in [9.17, 15) is 8.78 Å². The Balaban J connectivity index is 2.16. The Morgan fingerprint density at radius 2 is 2.16 bits per heavy atom. The summed E-state index contributed by atoms with van der Waals surface area (Å²) >= 11 is 0. The van der Waals surface area contributed by atoms with Crippen molar-refractivity contribution < 1.29 is 18.3 Å². The molecule has 3 rings (SSSR count). The molecular formula is C13H14F2N2O2. The fourth-order valence-corrected chi connectivity index (χ4v) is 2.83. The molecule has 2 heterocycles. The van der Waals surface area contributed by atoms with Gasteiger partial charge in [0.2, 0.25) is 0 Å². The number of nitrogens with zero attached hydrogens (tertiary/aromatic N) is 1. The van der Waals surface area contributed by atoms with Crippen LogP contribution in [0.15, 0.2) is 29.3 Å². The Labute approximate surface area is 109 Å². The second-order valence-corrected chi connectivity index (χ2v) is 4.79. The third kappa shape index (κ3) is 1.78. The standard InChI is InChI=1S/C13H14F2N2O2/c14-7-13(8-3-1-2-4-10(8)15)9-5-18-6-11(9)19-12(16)17-13/h1-4,9,11H,5-7H2,(H2,16,17)/t9-,11+,13+/m0/s1. The first-order chi connectivity index (χ1) is 9.17. The van der Waals surface area contributed by atoms with Crippen LogP contribution in [-0.4, -0.2) is 32.0 Å². The van der Waals surface area contributed by atoms with Crippen molar-refractivity contribution in [2.24, 2.45) is 16.6 Å². The Morgan fingerprint density at radius 3 is 2.89 bits per heavy atom. The number of hydrogen-bond donors (Lipinski definition) is 1. The van der Waals surface area contributed by atoms with Crippen LogP contribution in [0.25, 0.3) is 0 Å². The summed E-state index contributed by atoms with van der Waals surface area (Å²) in [6.45, 7) is -0.251. The number of nitrogens with two attached hydrogens (primary N) is 1. The van der Waals surface area contributed by atoms with Crippen molar-refractivity contribution in [2.75, 3.05) is 19.9 Å². The summed E-state index contributed by atoms with van der Waals surface area (Å²) in [6.07, 6.45) is -0.382. The van der Waals surface area contributed by atoms with E-state index in [2.05, 4.69) is 4.99 Å². The fraction of sp³-hybridized carbons (Fsp3) is 0.462. The van der Waals surface area contributed by atoms with Gasteiger partial charge in [0.15, 0.2) is 0 Å². The molecule has 6 heteroatoms. The number of amidine groups is 1. The van der Waals surface area contributed by atoms with E-state index in [0.29, 0.717) is 6.61 Å². The van der Waals surface area contributed by atoms with E-state index >= 15 is 0 Å². The predicted octanol–water partition coefficient (Wildman–Crippen LogP) is 1.35. The number of hydrogen-bond acceptors (Lipinski definition) is 4. The molecule has 0 spiro atoms. The van der Waals surface area contributed by atoms with Crippen LogP contribution in [0.3, 0.4) is 0 Å². The van der Waals surface area contributed by atoms with Crippen molar-refractivity contribution >= 4 is 6.02 Å². The number of benzene rings is 1. The summed E-state index contributed by atoms with van der Waals surface area (Å²) in [5.41, 5.74) is 4.46. The first-order valence-electron chi connectivity index (χ1n) is 6.08. The molecule has 1 fully saturated rings. The smallest absolute Gasteiger partial charge is 0.283 e.